The van der Waals surface area contributed by atoms with Gasteiger partial charge in [0, 0.05) is 0 Å². The van der Waals surface area contributed by atoms with Crippen molar-refractivity contribution in [1.82, 2.24) is 19.5 Å². The summed E-state index contributed by atoms with van der Waals surface area (Å²) in [4.78, 5) is 41.0. The number of aliphatic hydroxyl groups is 2. The van der Waals surface area contributed by atoms with Crippen molar-refractivity contribution in [3.05, 3.63) is 58.4 Å². The lowest BCUT2D eigenvalue weighted by Crippen LogP contribution is -2.33. The van der Waals surface area contributed by atoms with E-state index in [0.717, 1.165) is 5.56 Å². The fourth-order valence-electron chi connectivity index (χ4n) is 3.21. The number of benzene rings is 1. The molecule has 1 aromatic carbocycles. The van der Waals surface area contributed by atoms with Gasteiger partial charge in [-0.2, -0.15) is 0 Å². The van der Waals surface area contributed by atoms with E-state index in [4.69, 9.17) is 14.5 Å². The molecule has 2 aromatic heterocycles. The molecule has 0 amide bonds. The number of rotatable bonds is 6. The van der Waals surface area contributed by atoms with Crippen molar-refractivity contribution < 1.29 is 33.8 Å². The molecule has 1 aliphatic heterocycles. The van der Waals surface area contributed by atoms with Crippen molar-refractivity contribution in [2.24, 2.45) is 0 Å². The molecule has 5 N–H and O–H groups in total. The largest absolute Gasteiger partial charge is 0.469 e. The van der Waals surface area contributed by atoms with Gasteiger partial charge < -0.3 is 29.7 Å². The second kappa shape index (κ2) is 8.44. The Morgan fingerprint density at radius 3 is 2.65 bits per heavy atom. The number of nitrogens with one attached hydrogen (secondary N) is 1. The predicted molar refractivity (Wildman–Crippen MR) is 107 cm³/mol. The first-order valence-electron chi connectivity index (χ1n) is 9.14. The molecule has 4 rings (SSSR count). The monoisotopic (exact) mass is 450 g/mol. The van der Waals surface area contributed by atoms with Gasteiger partial charge in [0.2, 0.25) is 0 Å². The number of hydrogen-bond donors (Lipinski definition) is 5. The van der Waals surface area contributed by atoms with Gasteiger partial charge in [0.1, 0.15) is 24.1 Å². The Kier molecular flexibility index (Phi) is 5.86. The maximum absolute atomic E-state index is 12.4. The number of fused-ring (bicyclic) bond motifs is 1. The van der Waals surface area contributed by atoms with E-state index in [1.807, 2.05) is 30.3 Å². The van der Waals surface area contributed by atoms with Crippen LogP contribution in [0.15, 0.2) is 41.5 Å². The molecule has 0 aliphatic carbocycles. The van der Waals surface area contributed by atoms with Crippen LogP contribution in [0, 0.1) is 0 Å². The Hall–Kier alpha value is -2.70. The van der Waals surface area contributed by atoms with Crippen molar-refractivity contribution in [2.45, 2.75) is 24.5 Å². The smallest absolute Gasteiger partial charge is 0.387 e. The molecule has 12 nitrogen and oxygen atoms in total. The van der Waals surface area contributed by atoms with Gasteiger partial charge in [0.05, 0.1) is 12.9 Å². The maximum Gasteiger partial charge on any atom is 0.469 e. The van der Waals surface area contributed by atoms with Gasteiger partial charge in [-0.3, -0.25) is 13.9 Å². The minimum atomic E-state index is -4.79. The summed E-state index contributed by atoms with van der Waals surface area (Å²) in [6, 6.07) is 9.36. The van der Waals surface area contributed by atoms with E-state index >= 15 is 0 Å². The van der Waals surface area contributed by atoms with Gasteiger partial charge in [-0.25, -0.2) is 14.5 Å². The predicted octanol–water partition coefficient (Wildman–Crippen LogP) is 0.0185. The molecular weight excluding hydrogens is 431 g/mol. The number of aromatic nitrogens is 4. The van der Waals surface area contributed by atoms with Gasteiger partial charge in [-0.15, -0.1) is 0 Å². The molecule has 1 fully saturated rings. The Bertz CT molecular complexity index is 1200. The number of aromatic amines is 1. The Morgan fingerprint density at radius 2 is 1.94 bits per heavy atom. The number of phosphoric ester groups is 1. The number of hydrogen-bond acceptors (Lipinski definition) is 8. The zero-order valence-electron chi connectivity index (χ0n) is 15.8. The Balaban J connectivity index is 1.63. The summed E-state index contributed by atoms with van der Waals surface area (Å²) in [5, 5.41) is 20.6. The molecule has 0 saturated carbocycles. The van der Waals surface area contributed by atoms with Crippen LogP contribution < -0.4 is 5.56 Å². The standard InChI is InChI=1S/C18H19N4O8P/c23-14-11(8-29-31(26,27)28)30-18(15(14)24)22-9-19-13-16(22)20-12(21-17(13)25)7-6-10-4-2-1-3-5-10/h1-7,9,11,14-15,18,23-24H,8H2,(H,20,21,25)(H2,26,27,28)/b7-6+/t11-,14-,15-,18?/m0/s1. The van der Waals surface area contributed by atoms with Crippen LogP contribution in [0.25, 0.3) is 23.3 Å². The van der Waals surface area contributed by atoms with E-state index in [1.54, 1.807) is 12.2 Å². The van der Waals surface area contributed by atoms with Crippen LogP contribution in [0.1, 0.15) is 17.6 Å². The first kappa shape index (κ1) is 21.5. The highest BCUT2D eigenvalue weighted by Crippen LogP contribution is 2.38. The quantitative estimate of drug-likeness (QED) is 0.321. The molecule has 3 heterocycles. The van der Waals surface area contributed by atoms with Crippen LogP contribution in [-0.4, -0.2) is 64.4 Å². The Morgan fingerprint density at radius 1 is 1.19 bits per heavy atom. The normalized spacial score (nSPS) is 24.4. The van der Waals surface area contributed by atoms with Crippen molar-refractivity contribution >= 4 is 31.1 Å². The molecule has 0 spiro atoms. The molecule has 1 unspecified atom stereocenters. The van der Waals surface area contributed by atoms with E-state index < -0.39 is 44.5 Å². The second-order valence-corrected chi connectivity index (χ2v) is 8.09. The van der Waals surface area contributed by atoms with Gasteiger partial charge in [0.25, 0.3) is 5.56 Å². The third-order valence-corrected chi connectivity index (χ3v) is 5.19. The summed E-state index contributed by atoms with van der Waals surface area (Å²) in [7, 11) is -4.79. The third-order valence-electron chi connectivity index (χ3n) is 4.70. The van der Waals surface area contributed by atoms with Gasteiger partial charge in [0.15, 0.2) is 17.4 Å². The minimum absolute atomic E-state index is 0.00271. The van der Waals surface area contributed by atoms with Gasteiger partial charge in [-0.05, 0) is 11.6 Å². The summed E-state index contributed by atoms with van der Waals surface area (Å²) in [5.74, 6) is 0.234. The molecule has 164 valence electrons. The maximum atomic E-state index is 12.4. The highest BCUT2D eigenvalue weighted by molar-refractivity contribution is 7.46. The van der Waals surface area contributed by atoms with Crippen LogP contribution in [0.3, 0.4) is 0 Å². The Labute approximate surface area is 174 Å². The minimum Gasteiger partial charge on any atom is -0.387 e. The number of H-pyrrole nitrogens is 1. The van der Waals surface area contributed by atoms with E-state index in [2.05, 4.69) is 19.5 Å². The molecule has 31 heavy (non-hydrogen) atoms. The third kappa shape index (κ3) is 4.65. The molecule has 0 bridgehead atoms. The van der Waals surface area contributed by atoms with Crippen LogP contribution >= 0.6 is 7.82 Å². The van der Waals surface area contributed by atoms with Crippen LogP contribution in [-0.2, 0) is 13.8 Å². The number of nitrogens with zero attached hydrogens (tertiary/aromatic N) is 3. The van der Waals surface area contributed by atoms with Crippen molar-refractivity contribution in [3.8, 4) is 0 Å². The summed E-state index contributed by atoms with van der Waals surface area (Å²) < 4.78 is 22.1. The zero-order chi connectivity index (χ0) is 22.2. The number of phosphoric acid groups is 1. The summed E-state index contributed by atoms with van der Waals surface area (Å²) >= 11 is 0. The zero-order valence-corrected chi connectivity index (χ0v) is 16.7. The highest BCUT2D eigenvalue weighted by Gasteiger charge is 2.45. The topological polar surface area (TPSA) is 180 Å². The van der Waals surface area contributed by atoms with Crippen LogP contribution in [0.2, 0.25) is 0 Å². The fraction of sp³-hybridized carbons (Fsp3) is 0.278. The lowest BCUT2D eigenvalue weighted by atomic mass is 10.1. The number of imidazole rings is 1. The summed E-state index contributed by atoms with van der Waals surface area (Å²) in [5.41, 5.74) is 0.483. The van der Waals surface area contributed by atoms with E-state index in [-0.39, 0.29) is 17.0 Å². The fourth-order valence-corrected chi connectivity index (χ4v) is 3.56. The molecule has 1 aliphatic rings. The van der Waals surface area contributed by atoms with Crippen LogP contribution in [0.4, 0.5) is 0 Å². The van der Waals surface area contributed by atoms with Crippen molar-refractivity contribution in [3.63, 3.8) is 0 Å². The molecular formula is C18H19N4O8P. The lowest BCUT2D eigenvalue weighted by molar-refractivity contribution is -0.0504. The highest BCUT2D eigenvalue weighted by atomic mass is 31.2. The average Bonchev–Trinajstić information content (AvgIpc) is 3.27. The van der Waals surface area contributed by atoms with Gasteiger partial charge >= 0.3 is 7.82 Å². The first-order chi connectivity index (χ1) is 14.7. The molecule has 0 radical (unpaired) electrons. The summed E-state index contributed by atoms with van der Waals surface area (Å²) in [6.07, 6.45) is -0.809. The molecule has 13 heteroatoms. The molecule has 4 atom stereocenters. The molecule has 3 aromatic rings. The lowest BCUT2D eigenvalue weighted by Gasteiger charge is -2.16. The van der Waals surface area contributed by atoms with Crippen molar-refractivity contribution in [2.75, 3.05) is 6.61 Å². The van der Waals surface area contributed by atoms with E-state index in [1.165, 1.54) is 10.9 Å². The second-order valence-electron chi connectivity index (χ2n) is 6.85. The summed E-state index contributed by atoms with van der Waals surface area (Å²) in [6.45, 7) is -0.648. The first-order valence-corrected chi connectivity index (χ1v) is 10.7. The SMILES string of the molecule is O=c1[nH]c(/C=C/c2ccccc2)nc2c1ncn2C1O[C@@H](COP(=O)(O)O)[C@H](O)[C@@H]1O. The average molecular weight is 450 g/mol. The number of aliphatic hydroxyl groups excluding tert-OH is 2. The van der Waals surface area contributed by atoms with Crippen LogP contribution in [0.5, 0.6) is 0 Å². The van der Waals surface area contributed by atoms with E-state index in [9.17, 15) is 19.6 Å². The molecule has 1 saturated heterocycles. The van der Waals surface area contributed by atoms with Gasteiger partial charge in [-0.1, -0.05) is 36.4 Å². The van der Waals surface area contributed by atoms with Crippen molar-refractivity contribution in [1.29, 1.82) is 0 Å². The van der Waals surface area contributed by atoms with E-state index in [0.29, 0.717) is 0 Å². The number of ether oxygens (including phenoxy) is 1.